The first-order valence-electron chi connectivity index (χ1n) is 6.12. The molecule has 4 heteroatoms. The molecule has 0 aliphatic heterocycles. The van der Waals surface area contributed by atoms with Gasteiger partial charge in [0.1, 0.15) is 0 Å². The highest BCUT2D eigenvalue weighted by Crippen LogP contribution is 2.17. The molecule has 0 aromatic heterocycles. The molecule has 0 saturated carbocycles. The van der Waals surface area contributed by atoms with Gasteiger partial charge in [-0.2, -0.15) is 0 Å². The van der Waals surface area contributed by atoms with E-state index >= 15 is 0 Å². The van der Waals surface area contributed by atoms with E-state index in [9.17, 15) is 4.79 Å². The lowest BCUT2D eigenvalue weighted by Gasteiger charge is -2.04. The Bertz CT molecular complexity index is 638. The van der Waals surface area contributed by atoms with Crippen LogP contribution in [0.2, 0.25) is 0 Å². The smallest absolute Gasteiger partial charge is 0.248 e. The van der Waals surface area contributed by atoms with Gasteiger partial charge in [-0.3, -0.25) is 4.79 Å². The van der Waals surface area contributed by atoms with Crippen LogP contribution in [0.25, 0.3) is 6.08 Å². The molecule has 0 fully saturated rings. The highest BCUT2D eigenvalue weighted by molar-refractivity contribution is 9.10. The molecule has 3 nitrogen and oxygen atoms in total. The van der Waals surface area contributed by atoms with Crippen LogP contribution < -0.4 is 5.32 Å². The van der Waals surface area contributed by atoms with Crippen LogP contribution in [0.1, 0.15) is 11.1 Å². The van der Waals surface area contributed by atoms with E-state index in [0.29, 0.717) is 5.69 Å². The van der Waals surface area contributed by atoms with Gasteiger partial charge in [0.15, 0.2) is 0 Å². The Morgan fingerprint density at radius 1 is 1.20 bits per heavy atom. The minimum absolute atomic E-state index is 0.0451. The Morgan fingerprint density at radius 2 is 2.00 bits per heavy atom. The zero-order chi connectivity index (χ0) is 14.4. The van der Waals surface area contributed by atoms with Gasteiger partial charge in [0.2, 0.25) is 5.91 Å². The van der Waals surface area contributed by atoms with Crippen molar-refractivity contribution in [2.24, 2.45) is 0 Å². The Kier molecular flexibility index (Phi) is 5.09. The summed E-state index contributed by atoms with van der Waals surface area (Å²) in [4.78, 5) is 11.8. The van der Waals surface area contributed by atoms with Crippen molar-refractivity contribution in [3.8, 4) is 0 Å². The molecular formula is C16H14BrNO2. The van der Waals surface area contributed by atoms with E-state index in [4.69, 9.17) is 5.11 Å². The summed E-state index contributed by atoms with van der Waals surface area (Å²) in [6, 6.07) is 14.8. The second-order valence-corrected chi connectivity index (χ2v) is 5.06. The van der Waals surface area contributed by atoms with Crippen molar-refractivity contribution in [1.82, 2.24) is 0 Å². The number of amides is 1. The number of anilines is 1. The number of halogens is 1. The SMILES string of the molecule is O=C(/C=C/c1ccccc1Br)Nc1cccc(CO)c1. The Labute approximate surface area is 126 Å². The average Bonchev–Trinajstić information content (AvgIpc) is 2.46. The van der Waals surface area contributed by atoms with Crippen LogP contribution in [-0.2, 0) is 11.4 Å². The number of aliphatic hydroxyl groups excluding tert-OH is 1. The lowest BCUT2D eigenvalue weighted by molar-refractivity contribution is -0.111. The van der Waals surface area contributed by atoms with Crippen molar-refractivity contribution in [2.45, 2.75) is 6.61 Å². The third kappa shape index (κ3) is 4.05. The monoisotopic (exact) mass is 331 g/mol. The molecule has 1 amide bonds. The van der Waals surface area contributed by atoms with Gasteiger partial charge in [0.05, 0.1) is 6.61 Å². The molecule has 102 valence electrons. The number of aliphatic hydroxyl groups is 1. The molecule has 0 aliphatic carbocycles. The number of hydrogen-bond acceptors (Lipinski definition) is 2. The summed E-state index contributed by atoms with van der Waals surface area (Å²) in [5.41, 5.74) is 2.36. The highest BCUT2D eigenvalue weighted by atomic mass is 79.9. The second kappa shape index (κ2) is 7.03. The minimum atomic E-state index is -0.212. The van der Waals surface area contributed by atoms with Gasteiger partial charge < -0.3 is 10.4 Å². The van der Waals surface area contributed by atoms with Crippen LogP contribution in [0.3, 0.4) is 0 Å². The van der Waals surface area contributed by atoms with Gasteiger partial charge in [0.25, 0.3) is 0 Å². The summed E-state index contributed by atoms with van der Waals surface area (Å²) in [5, 5.41) is 11.8. The first kappa shape index (κ1) is 14.5. The van der Waals surface area contributed by atoms with E-state index < -0.39 is 0 Å². The summed E-state index contributed by atoms with van der Waals surface area (Å²) in [7, 11) is 0. The molecule has 0 heterocycles. The van der Waals surface area contributed by atoms with Gasteiger partial charge in [-0.05, 0) is 35.4 Å². The van der Waals surface area contributed by atoms with Gasteiger partial charge in [0, 0.05) is 16.2 Å². The number of benzene rings is 2. The molecule has 0 atom stereocenters. The number of rotatable bonds is 4. The molecule has 0 saturated heterocycles. The van der Waals surface area contributed by atoms with E-state index in [2.05, 4.69) is 21.2 Å². The minimum Gasteiger partial charge on any atom is -0.392 e. The Balaban J connectivity index is 2.04. The van der Waals surface area contributed by atoms with Crippen molar-refractivity contribution in [3.63, 3.8) is 0 Å². The molecule has 2 aromatic carbocycles. The van der Waals surface area contributed by atoms with E-state index in [0.717, 1.165) is 15.6 Å². The maximum Gasteiger partial charge on any atom is 0.248 e. The maximum atomic E-state index is 11.8. The molecule has 0 aliphatic rings. The number of hydrogen-bond donors (Lipinski definition) is 2. The third-order valence-corrected chi connectivity index (χ3v) is 3.42. The molecule has 0 radical (unpaired) electrons. The molecule has 0 unspecified atom stereocenters. The third-order valence-electron chi connectivity index (χ3n) is 2.70. The summed E-state index contributed by atoms with van der Waals surface area (Å²) in [6.45, 7) is -0.0451. The summed E-state index contributed by atoms with van der Waals surface area (Å²) in [6.07, 6.45) is 3.22. The lowest BCUT2D eigenvalue weighted by atomic mass is 10.2. The standard InChI is InChI=1S/C16H14BrNO2/c17-15-7-2-1-5-13(15)8-9-16(20)18-14-6-3-4-12(10-14)11-19/h1-10,19H,11H2,(H,18,20)/b9-8+. The first-order valence-corrected chi connectivity index (χ1v) is 6.92. The van der Waals surface area contributed by atoms with E-state index in [1.54, 1.807) is 30.3 Å². The topological polar surface area (TPSA) is 49.3 Å². The van der Waals surface area contributed by atoms with Crippen LogP contribution in [0.15, 0.2) is 59.1 Å². The maximum absolute atomic E-state index is 11.8. The van der Waals surface area contributed by atoms with Crippen LogP contribution in [-0.4, -0.2) is 11.0 Å². The second-order valence-electron chi connectivity index (χ2n) is 4.20. The normalized spacial score (nSPS) is 10.7. The van der Waals surface area contributed by atoms with Crippen LogP contribution in [0, 0.1) is 0 Å². The fraction of sp³-hybridized carbons (Fsp3) is 0.0625. The predicted octanol–water partition coefficient (Wildman–Crippen LogP) is 3.59. The number of nitrogens with one attached hydrogen (secondary N) is 1. The molecule has 0 bridgehead atoms. The molecule has 2 rings (SSSR count). The van der Waals surface area contributed by atoms with Crippen molar-refractivity contribution < 1.29 is 9.90 Å². The fourth-order valence-corrected chi connectivity index (χ4v) is 2.12. The quantitative estimate of drug-likeness (QED) is 0.841. The Morgan fingerprint density at radius 3 is 2.75 bits per heavy atom. The van der Waals surface area contributed by atoms with Crippen LogP contribution in [0.5, 0.6) is 0 Å². The summed E-state index contributed by atoms with van der Waals surface area (Å²) < 4.78 is 0.936. The molecule has 20 heavy (non-hydrogen) atoms. The summed E-state index contributed by atoms with van der Waals surface area (Å²) >= 11 is 3.42. The van der Waals surface area contributed by atoms with Crippen molar-refractivity contribution in [1.29, 1.82) is 0 Å². The largest absolute Gasteiger partial charge is 0.392 e. The fourth-order valence-electron chi connectivity index (χ4n) is 1.71. The van der Waals surface area contributed by atoms with Crippen molar-refractivity contribution in [2.75, 3.05) is 5.32 Å². The predicted molar refractivity (Wildman–Crippen MR) is 84.2 cm³/mol. The van der Waals surface area contributed by atoms with Gasteiger partial charge in [-0.1, -0.05) is 46.3 Å². The Hall–Kier alpha value is -1.91. The zero-order valence-electron chi connectivity index (χ0n) is 10.7. The molecule has 2 aromatic rings. The molecule has 0 spiro atoms. The van der Waals surface area contributed by atoms with Crippen LogP contribution >= 0.6 is 15.9 Å². The van der Waals surface area contributed by atoms with Gasteiger partial charge in [-0.15, -0.1) is 0 Å². The zero-order valence-corrected chi connectivity index (χ0v) is 12.3. The van der Waals surface area contributed by atoms with E-state index in [1.807, 2.05) is 24.3 Å². The molecule has 2 N–H and O–H groups in total. The summed E-state index contributed by atoms with van der Waals surface area (Å²) in [5.74, 6) is -0.212. The van der Waals surface area contributed by atoms with E-state index in [1.165, 1.54) is 6.08 Å². The van der Waals surface area contributed by atoms with Crippen molar-refractivity contribution in [3.05, 3.63) is 70.2 Å². The van der Waals surface area contributed by atoms with Crippen molar-refractivity contribution >= 4 is 33.6 Å². The van der Waals surface area contributed by atoms with Gasteiger partial charge in [-0.25, -0.2) is 0 Å². The number of carbonyl (C=O) groups is 1. The average molecular weight is 332 g/mol. The lowest BCUT2D eigenvalue weighted by Crippen LogP contribution is -2.07. The molecular weight excluding hydrogens is 318 g/mol. The van der Waals surface area contributed by atoms with Crippen LogP contribution in [0.4, 0.5) is 5.69 Å². The van der Waals surface area contributed by atoms with Gasteiger partial charge >= 0.3 is 0 Å². The highest BCUT2D eigenvalue weighted by Gasteiger charge is 2.00. The number of carbonyl (C=O) groups excluding carboxylic acids is 1. The first-order chi connectivity index (χ1) is 9.69. The van der Waals surface area contributed by atoms with E-state index in [-0.39, 0.29) is 12.5 Å².